The molecule has 2 saturated carbocycles. The third-order valence-electron chi connectivity index (χ3n) is 8.36. The molecule has 3 fully saturated rings. The van der Waals surface area contributed by atoms with Crippen LogP contribution in [-0.4, -0.2) is 59.3 Å². The average molecular weight is 473 g/mol. The van der Waals surface area contributed by atoms with E-state index < -0.39 is 0 Å². The molecule has 184 valence electrons. The van der Waals surface area contributed by atoms with Gasteiger partial charge in [-0.15, -0.1) is 0 Å². The molecule has 4 atom stereocenters. The lowest BCUT2D eigenvalue weighted by Crippen LogP contribution is -2.48. The lowest BCUT2D eigenvalue weighted by atomic mass is 9.80. The Labute approximate surface area is 208 Å². The number of aryl methyl sites for hydroxylation is 2. The number of aliphatic hydroxyl groups is 1. The van der Waals surface area contributed by atoms with Gasteiger partial charge in [0, 0.05) is 37.9 Å². The molecule has 2 N–H and O–H groups in total. The van der Waals surface area contributed by atoms with Crippen LogP contribution >= 0.6 is 0 Å². The fraction of sp³-hybridized carbons (Fsp3) is 0.517. The molecule has 0 spiro atoms. The third-order valence-corrected chi connectivity index (χ3v) is 8.36. The van der Waals surface area contributed by atoms with E-state index in [1.807, 2.05) is 38.1 Å². The largest absolute Gasteiger partial charge is 0.392 e. The molecular formula is C29H36N4O2. The smallest absolute Gasteiger partial charge is 0.322 e. The monoisotopic (exact) mass is 472 g/mol. The number of benzene rings is 2. The Morgan fingerprint density at radius 3 is 2.71 bits per heavy atom. The van der Waals surface area contributed by atoms with Crippen LogP contribution in [0.5, 0.6) is 0 Å². The maximum Gasteiger partial charge on any atom is 0.322 e. The summed E-state index contributed by atoms with van der Waals surface area (Å²) in [6.07, 6.45) is 4.72. The van der Waals surface area contributed by atoms with Gasteiger partial charge in [-0.2, -0.15) is 5.26 Å². The van der Waals surface area contributed by atoms with E-state index >= 15 is 0 Å². The molecule has 5 rings (SSSR count). The van der Waals surface area contributed by atoms with Crippen molar-refractivity contribution < 1.29 is 9.90 Å². The summed E-state index contributed by atoms with van der Waals surface area (Å²) < 4.78 is 0. The van der Waals surface area contributed by atoms with Crippen molar-refractivity contribution >= 4 is 11.7 Å². The van der Waals surface area contributed by atoms with Crippen LogP contribution in [-0.2, 0) is 5.41 Å². The number of hydrogen-bond donors (Lipinski definition) is 2. The van der Waals surface area contributed by atoms with Crippen molar-refractivity contribution in [1.82, 2.24) is 9.80 Å². The molecule has 6 heteroatoms. The van der Waals surface area contributed by atoms with Crippen molar-refractivity contribution in [2.45, 2.75) is 63.5 Å². The molecule has 2 aliphatic carbocycles. The minimum atomic E-state index is -0.251. The highest BCUT2D eigenvalue weighted by atomic mass is 16.3. The number of likely N-dealkylation sites (tertiary alicyclic amines) is 1. The summed E-state index contributed by atoms with van der Waals surface area (Å²) in [5, 5.41) is 22.4. The van der Waals surface area contributed by atoms with Gasteiger partial charge in [-0.3, -0.25) is 4.90 Å². The molecule has 2 unspecified atom stereocenters. The Bertz CT molecular complexity index is 1120. The van der Waals surface area contributed by atoms with Crippen LogP contribution in [0.15, 0.2) is 42.5 Å². The van der Waals surface area contributed by atoms with Gasteiger partial charge < -0.3 is 15.3 Å². The number of rotatable bonds is 6. The van der Waals surface area contributed by atoms with Crippen molar-refractivity contribution in [3.8, 4) is 6.07 Å². The van der Waals surface area contributed by atoms with Crippen LogP contribution in [0.3, 0.4) is 0 Å². The van der Waals surface area contributed by atoms with E-state index in [0.29, 0.717) is 19.0 Å². The molecule has 0 radical (unpaired) electrons. The van der Waals surface area contributed by atoms with Gasteiger partial charge in [0.2, 0.25) is 0 Å². The first-order chi connectivity index (χ1) is 16.9. The number of fused-ring (bicyclic) bond motifs is 1. The first-order valence-electron chi connectivity index (χ1n) is 12.9. The predicted molar refractivity (Wildman–Crippen MR) is 137 cm³/mol. The number of carbonyl (C=O) groups is 1. The molecule has 35 heavy (non-hydrogen) atoms. The lowest BCUT2D eigenvalue weighted by molar-refractivity contribution is 0.142. The van der Waals surface area contributed by atoms with Gasteiger partial charge in [-0.05, 0) is 98.2 Å². The number of amides is 2. The molecule has 1 heterocycles. The van der Waals surface area contributed by atoms with E-state index in [2.05, 4.69) is 39.4 Å². The van der Waals surface area contributed by atoms with E-state index in [0.717, 1.165) is 67.6 Å². The number of urea groups is 1. The van der Waals surface area contributed by atoms with Crippen molar-refractivity contribution in [2.24, 2.45) is 5.92 Å². The van der Waals surface area contributed by atoms with E-state index in [1.54, 1.807) is 0 Å². The van der Waals surface area contributed by atoms with Crippen LogP contribution in [0.4, 0.5) is 10.5 Å². The number of aliphatic hydroxyl groups excluding tert-OH is 1. The van der Waals surface area contributed by atoms with Gasteiger partial charge in [0.1, 0.15) is 0 Å². The van der Waals surface area contributed by atoms with E-state index in [1.165, 1.54) is 5.56 Å². The molecule has 2 aromatic rings. The molecule has 1 saturated heterocycles. The van der Waals surface area contributed by atoms with Gasteiger partial charge in [0.05, 0.1) is 17.7 Å². The molecule has 2 amide bonds. The standard InChI is InChI=1S/C29H36N4O2/c1-20-12-21(2)14-25(13-20)31-28(35)33(11-10-32-9-7-27(34)19-32)26-6-8-29(17-24(29)16-26)23-5-3-4-22(15-23)18-30/h3-5,12-15,24,26-27,34H,6-11,16-17,19H2,1-2H3,(H,31,35)/t24?,26?,27-,29-/m1/s1. The molecule has 2 aromatic carbocycles. The van der Waals surface area contributed by atoms with Crippen molar-refractivity contribution in [1.29, 1.82) is 5.26 Å². The minimum absolute atomic E-state index is 0.0284. The molecular weight excluding hydrogens is 436 g/mol. The van der Waals surface area contributed by atoms with Gasteiger partial charge in [-0.1, -0.05) is 18.2 Å². The van der Waals surface area contributed by atoms with Gasteiger partial charge in [-0.25, -0.2) is 4.79 Å². The molecule has 3 aliphatic rings. The maximum absolute atomic E-state index is 13.6. The SMILES string of the molecule is Cc1cc(C)cc(NC(=O)N(CCN2CC[C@@H](O)C2)C2CC[C@]3(c4cccc(C#N)c4)CC3C2)c1. The Morgan fingerprint density at radius 2 is 2.03 bits per heavy atom. The number of nitrogens with zero attached hydrogens (tertiary/aromatic N) is 3. The van der Waals surface area contributed by atoms with Crippen LogP contribution in [0.1, 0.15) is 54.4 Å². The summed E-state index contributed by atoms with van der Waals surface area (Å²) in [7, 11) is 0. The zero-order valence-electron chi connectivity index (χ0n) is 20.8. The van der Waals surface area contributed by atoms with Crippen LogP contribution in [0.2, 0.25) is 0 Å². The fourth-order valence-corrected chi connectivity index (χ4v) is 6.50. The number of anilines is 1. The molecule has 6 nitrogen and oxygen atoms in total. The number of β-amino-alcohol motifs (C(OH)–C–C–N with tert-alkyl or cyclic N) is 1. The Morgan fingerprint density at radius 1 is 1.23 bits per heavy atom. The minimum Gasteiger partial charge on any atom is -0.392 e. The zero-order chi connectivity index (χ0) is 24.6. The predicted octanol–water partition coefficient (Wildman–Crippen LogP) is 4.59. The maximum atomic E-state index is 13.6. The third kappa shape index (κ3) is 5.07. The normalized spacial score (nSPS) is 27.7. The summed E-state index contributed by atoms with van der Waals surface area (Å²) in [6.45, 7) is 7.13. The highest BCUT2D eigenvalue weighted by molar-refractivity contribution is 5.89. The van der Waals surface area contributed by atoms with Crippen LogP contribution in [0, 0.1) is 31.1 Å². The summed E-state index contributed by atoms with van der Waals surface area (Å²) in [5.74, 6) is 0.556. The first kappa shape index (κ1) is 23.8. The Balaban J connectivity index is 1.30. The number of carbonyl (C=O) groups excluding carboxylic acids is 1. The summed E-state index contributed by atoms with van der Waals surface area (Å²) >= 11 is 0. The molecule has 1 aliphatic heterocycles. The Kier molecular flexibility index (Phi) is 6.57. The highest BCUT2D eigenvalue weighted by Gasteiger charge is 2.58. The molecule has 0 bridgehead atoms. The van der Waals surface area contributed by atoms with Crippen LogP contribution < -0.4 is 5.32 Å². The second kappa shape index (κ2) is 9.64. The second-order valence-electron chi connectivity index (χ2n) is 10.9. The highest BCUT2D eigenvalue weighted by Crippen LogP contribution is 2.62. The van der Waals surface area contributed by atoms with Crippen LogP contribution in [0.25, 0.3) is 0 Å². The van der Waals surface area contributed by atoms with E-state index in [9.17, 15) is 15.2 Å². The van der Waals surface area contributed by atoms with Gasteiger partial charge >= 0.3 is 6.03 Å². The van der Waals surface area contributed by atoms with Crippen molar-refractivity contribution in [3.05, 3.63) is 64.7 Å². The Hall–Kier alpha value is -2.88. The van der Waals surface area contributed by atoms with Crippen molar-refractivity contribution in [2.75, 3.05) is 31.5 Å². The average Bonchev–Trinajstić information content (AvgIpc) is 3.43. The second-order valence-corrected chi connectivity index (χ2v) is 10.9. The topological polar surface area (TPSA) is 79.6 Å². The number of nitriles is 1. The summed E-state index contributed by atoms with van der Waals surface area (Å²) in [6, 6.07) is 16.7. The fourth-order valence-electron chi connectivity index (χ4n) is 6.50. The van der Waals surface area contributed by atoms with E-state index in [4.69, 9.17) is 0 Å². The lowest BCUT2D eigenvalue weighted by Gasteiger charge is -2.37. The number of nitrogens with one attached hydrogen (secondary N) is 1. The summed E-state index contributed by atoms with van der Waals surface area (Å²) in [4.78, 5) is 17.9. The molecule has 0 aromatic heterocycles. The van der Waals surface area contributed by atoms with Crippen molar-refractivity contribution in [3.63, 3.8) is 0 Å². The van der Waals surface area contributed by atoms with Gasteiger partial charge in [0.25, 0.3) is 0 Å². The van der Waals surface area contributed by atoms with Gasteiger partial charge in [0.15, 0.2) is 0 Å². The van der Waals surface area contributed by atoms with E-state index in [-0.39, 0.29) is 23.6 Å². The zero-order valence-corrected chi connectivity index (χ0v) is 20.8. The number of hydrogen-bond acceptors (Lipinski definition) is 4. The quantitative estimate of drug-likeness (QED) is 0.645. The first-order valence-corrected chi connectivity index (χ1v) is 12.9. The summed E-state index contributed by atoms with van der Waals surface area (Å²) in [5.41, 5.74) is 5.32.